The third kappa shape index (κ3) is 60.3. The molecule has 0 N–H and O–H groups in total. The van der Waals surface area contributed by atoms with Crippen LogP contribution in [0.2, 0.25) is 0 Å². The lowest BCUT2D eigenvalue weighted by atomic mass is 10.1. The molecule has 0 heterocycles. The summed E-state index contributed by atoms with van der Waals surface area (Å²) in [5.41, 5.74) is 0. The lowest BCUT2D eigenvalue weighted by Gasteiger charge is -2.18. The minimum absolute atomic E-state index is 0.0944. The number of rotatable bonds is 54. The highest BCUT2D eigenvalue weighted by atomic mass is 16.6. The highest BCUT2D eigenvalue weighted by Gasteiger charge is 2.19. The summed E-state index contributed by atoms with van der Waals surface area (Å²) in [6.45, 7) is 6.44. The summed E-state index contributed by atoms with van der Waals surface area (Å²) >= 11 is 0. The van der Waals surface area contributed by atoms with Gasteiger partial charge in [0.1, 0.15) is 13.2 Å². The van der Waals surface area contributed by atoms with Gasteiger partial charge in [-0.2, -0.15) is 0 Å². The molecule has 0 rings (SSSR count). The second-order valence-electron chi connectivity index (χ2n) is 19.9. The predicted octanol–water partition coefficient (Wildman–Crippen LogP) is 21.0. The Morgan fingerprint density at radius 2 is 0.520 bits per heavy atom. The lowest BCUT2D eigenvalue weighted by Crippen LogP contribution is -2.30. The Morgan fingerprint density at radius 3 is 0.827 bits per heavy atom. The molecule has 6 heteroatoms. The van der Waals surface area contributed by atoms with E-state index in [9.17, 15) is 14.4 Å². The molecular weight excluding hydrogens is 925 g/mol. The van der Waals surface area contributed by atoms with Crippen LogP contribution in [-0.4, -0.2) is 37.2 Å². The molecule has 0 aliphatic rings. The van der Waals surface area contributed by atoms with Crippen molar-refractivity contribution in [2.75, 3.05) is 13.2 Å². The highest BCUT2D eigenvalue weighted by Crippen LogP contribution is 2.14. The molecule has 0 amide bonds. The molecule has 0 saturated carbocycles. The SMILES string of the molecule is CC/C=C\C/C=C\C/C=C\C/C=C\C/C=C\C/C=C\C/C=C\C/C=C\C/C=C\CCCCCCCC(=O)OCC(COC(=O)CCCCCCC/C=C\CCCCC)OC(=O)CCCCCCC/C=C\CCCCC. The molecule has 0 aromatic rings. The number of allylic oxidation sites excluding steroid dienone is 22. The van der Waals surface area contributed by atoms with Crippen molar-refractivity contribution >= 4 is 17.9 Å². The summed E-state index contributed by atoms with van der Waals surface area (Å²) < 4.78 is 16.8. The van der Waals surface area contributed by atoms with Crippen molar-refractivity contribution in [3.8, 4) is 0 Å². The highest BCUT2D eigenvalue weighted by molar-refractivity contribution is 5.71. The van der Waals surface area contributed by atoms with Crippen molar-refractivity contribution < 1.29 is 28.6 Å². The second kappa shape index (κ2) is 62.1. The average Bonchev–Trinajstić information content (AvgIpc) is 3.41. The van der Waals surface area contributed by atoms with Gasteiger partial charge in [0, 0.05) is 19.3 Å². The first-order valence-corrected chi connectivity index (χ1v) is 30.7. The molecule has 0 spiro atoms. The quantitative estimate of drug-likeness (QED) is 0.0261. The summed E-state index contributed by atoms with van der Waals surface area (Å²) in [5, 5.41) is 0. The van der Waals surface area contributed by atoms with Gasteiger partial charge in [0.05, 0.1) is 0 Å². The number of unbranched alkanes of at least 4 members (excludes halogenated alkanes) is 21. The average molecular weight is 1040 g/mol. The van der Waals surface area contributed by atoms with Gasteiger partial charge in [-0.05, 0) is 141 Å². The third-order valence-corrected chi connectivity index (χ3v) is 12.6. The molecule has 6 nitrogen and oxygen atoms in total. The minimum Gasteiger partial charge on any atom is -0.462 e. The van der Waals surface area contributed by atoms with Crippen molar-refractivity contribution in [1.29, 1.82) is 0 Å². The van der Waals surface area contributed by atoms with Crippen molar-refractivity contribution in [2.45, 2.75) is 271 Å². The van der Waals surface area contributed by atoms with Gasteiger partial charge in [0.2, 0.25) is 0 Å². The van der Waals surface area contributed by atoms with E-state index in [4.69, 9.17) is 14.2 Å². The topological polar surface area (TPSA) is 78.9 Å². The first kappa shape index (κ1) is 70.5. The van der Waals surface area contributed by atoms with Crippen LogP contribution in [0.5, 0.6) is 0 Å². The number of carbonyl (C=O) groups excluding carboxylic acids is 3. The van der Waals surface area contributed by atoms with E-state index < -0.39 is 6.10 Å². The van der Waals surface area contributed by atoms with Crippen molar-refractivity contribution in [2.24, 2.45) is 0 Å². The van der Waals surface area contributed by atoms with E-state index in [-0.39, 0.29) is 31.1 Å². The van der Waals surface area contributed by atoms with Gasteiger partial charge in [0.25, 0.3) is 0 Å². The van der Waals surface area contributed by atoms with Gasteiger partial charge in [-0.1, -0.05) is 238 Å². The van der Waals surface area contributed by atoms with Crippen molar-refractivity contribution in [1.82, 2.24) is 0 Å². The van der Waals surface area contributed by atoms with E-state index in [1.807, 2.05) is 0 Å². The summed E-state index contributed by atoms with van der Waals surface area (Å²) in [7, 11) is 0. The largest absolute Gasteiger partial charge is 0.462 e. The molecule has 75 heavy (non-hydrogen) atoms. The second-order valence-corrected chi connectivity index (χ2v) is 19.9. The number of hydrogen-bond acceptors (Lipinski definition) is 6. The molecule has 0 aromatic carbocycles. The van der Waals surface area contributed by atoms with Gasteiger partial charge < -0.3 is 14.2 Å². The molecule has 1 unspecified atom stereocenters. The molecule has 0 aromatic heterocycles. The standard InChI is InChI=1S/C69H112O6/c1-4-7-10-13-16-19-22-25-26-27-28-29-30-31-32-33-34-35-36-37-38-39-40-41-42-43-44-45-48-50-53-56-59-62-68(71)74-65-66(75-69(72)63-60-57-54-51-47-24-21-18-15-12-9-6-3)64-73-67(70)61-58-55-52-49-46-23-20-17-14-11-8-5-2/h7,10,16-21,25-26,28-29,31-32,34-35,37-38,40-41,43-44,66H,4-6,8-9,11-15,22-24,27,30,33,36,39,42,45-65H2,1-3H3/b10-7-,19-16-,20-17-,21-18-,26-25-,29-28-,32-31-,35-34-,38-37-,41-40-,44-43-. The Bertz CT molecular complexity index is 1620. The summed E-state index contributed by atoms with van der Waals surface area (Å²) in [4.78, 5) is 38.1. The fourth-order valence-corrected chi connectivity index (χ4v) is 8.01. The molecule has 1 atom stereocenters. The van der Waals surface area contributed by atoms with Gasteiger partial charge >= 0.3 is 17.9 Å². The van der Waals surface area contributed by atoms with Gasteiger partial charge in [-0.25, -0.2) is 0 Å². The molecule has 424 valence electrons. The lowest BCUT2D eigenvalue weighted by molar-refractivity contribution is -0.167. The summed E-state index contributed by atoms with van der Waals surface area (Å²) in [6.07, 6.45) is 87.4. The molecule has 0 fully saturated rings. The monoisotopic (exact) mass is 1040 g/mol. The zero-order valence-electron chi connectivity index (χ0n) is 48.5. The molecule has 0 aliphatic heterocycles. The van der Waals surface area contributed by atoms with Crippen LogP contribution >= 0.6 is 0 Å². The first-order valence-electron chi connectivity index (χ1n) is 30.7. The van der Waals surface area contributed by atoms with Gasteiger partial charge in [-0.3, -0.25) is 14.4 Å². The van der Waals surface area contributed by atoms with Crippen LogP contribution in [0.1, 0.15) is 265 Å². The van der Waals surface area contributed by atoms with Crippen LogP contribution in [0, 0.1) is 0 Å². The van der Waals surface area contributed by atoms with E-state index >= 15 is 0 Å². The Balaban J connectivity index is 4.27. The number of carbonyl (C=O) groups is 3. The Hall–Kier alpha value is -4.45. The maximum atomic E-state index is 12.8. The maximum absolute atomic E-state index is 12.8. The minimum atomic E-state index is -0.797. The van der Waals surface area contributed by atoms with Crippen LogP contribution in [0.3, 0.4) is 0 Å². The summed E-state index contributed by atoms with van der Waals surface area (Å²) in [6, 6.07) is 0. The van der Waals surface area contributed by atoms with Crippen LogP contribution in [0.25, 0.3) is 0 Å². The third-order valence-electron chi connectivity index (χ3n) is 12.6. The van der Waals surface area contributed by atoms with E-state index in [0.717, 1.165) is 161 Å². The Kier molecular flexibility index (Phi) is 58.4. The molecule has 0 saturated heterocycles. The van der Waals surface area contributed by atoms with Crippen LogP contribution in [-0.2, 0) is 28.6 Å². The van der Waals surface area contributed by atoms with Crippen molar-refractivity contribution in [3.05, 3.63) is 134 Å². The van der Waals surface area contributed by atoms with E-state index in [1.165, 1.54) is 64.2 Å². The summed E-state index contributed by atoms with van der Waals surface area (Å²) in [5.74, 6) is -0.935. The van der Waals surface area contributed by atoms with Crippen LogP contribution in [0.4, 0.5) is 0 Å². The fraction of sp³-hybridized carbons (Fsp3) is 0.638. The van der Waals surface area contributed by atoms with Crippen molar-refractivity contribution in [3.63, 3.8) is 0 Å². The normalized spacial score (nSPS) is 13.1. The van der Waals surface area contributed by atoms with Gasteiger partial charge in [0.15, 0.2) is 6.10 Å². The smallest absolute Gasteiger partial charge is 0.306 e. The fourth-order valence-electron chi connectivity index (χ4n) is 8.01. The zero-order valence-corrected chi connectivity index (χ0v) is 48.5. The van der Waals surface area contributed by atoms with Gasteiger partial charge in [-0.15, -0.1) is 0 Å². The maximum Gasteiger partial charge on any atom is 0.306 e. The molecular formula is C69H112O6. The number of ether oxygens (including phenoxy) is 3. The number of esters is 3. The first-order chi connectivity index (χ1) is 37.0. The number of hydrogen-bond donors (Lipinski definition) is 0. The van der Waals surface area contributed by atoms with Crippen LogP contribution < -0.4 is 0 Å². The predicted molar refractivity (Wildman–Crippen MR) is 325 cm³/mol. The Morgan fingerprint density at radius 1 is 0.280 bits per heavy atom. The van der Waals surface area contributed by atoms with E-state index in [0.29, 0.717) is 19.3 Å². The zero-order chi connectivity index (χ0) is 54.3. The van der Waals surface area contributed by atoms with E-state index in [2.05, 4.69) is 154 Å². The molecule has 0 bridgehead atoms. The molecule has 0 aliphatic carbocycles. The molecule has 0 radical (unpaired) electrons. The van der Waals surface area contributed by atoms with Crippen LogP contribution in [0.15, 0.2) is 134 Å². The van der Waals surface area contributed by atoms with E-state index in [1.54, 1.807) is 0 Å². The Labute approximate surface area is 462 Å².